The van der Waals surface area contributed by atoms with Crippen molar-refractivity contribution in [1.82, 2.24) is 5.32 Å². The molecule has 0 aliphatic carbocycles. The van der Waals surface area contributed by atoms with Crippen molar-refractivity contribution in [2.24, 2.45) is 0 Å². The van der Waals surface area contributed by atoms with Gasteiger partial charge < -0.3 is 15.4 Å². The Balaban J connectivity index is 2.27. The summed E-state index contributed by atoms with van der Waals surface area (Å²) in [5, 5.41) is 5.79. The van der Waals surface area contributed by atoms with E-state index in [0.29, 0.717) is 18.9 Å². The maximum atomic E-state index is 12.7. The fourth-order valence-corrected chi connectivity index (χ4v) is 4.14. The summed E-state index contributed by atoms with van der Waals surface area (Å²) in [4.78, 5) is 12.6. The molecule has 0 atom stereocenters. The van der Waals surface area contributed by atoms with Crippen LogP contribution in [0.3, 0.4) is 0 Å². The van der Waals surface area contributed by atoms with Gasteiger partial charge in [-0.05, 0) is 30.3 Å². The quantitative estimate of drug-likeness (QED) is 0.454. The number of anilines is 2. The van der Waals surface area contributed by atoms with Gasteiger partial charge >= 0.3 is 0 Å². The predicted octanol–water partition coefficient (Wildman–Crippen LogP) is 2.09. The molecule has 31 heavy (non-hydrogen) atoms. The smallest absolute Gasteiger partial charge is 0.256 e. The summed E-state index contributed by atoms with van der Waals surface area (Å²) in [5.41, 5.74) is 0.413. The van der Waals surface area contributed by atoms with Crippen LogP contribution < -0.4 is 20.1 Å². The van der Waals surface area contributed by atoms with E-state index in [9.17, 15) is 21.6 Å². The predicted molar refractivity (Wildman–Crippen MR) is 121 cm³/mol. The largest absolute Gasteiger partial charge is 0.490 e. The number of sulfone groups is 1. The topological polar surface area (TPSA) is 131 Å². The van der Waals surface area contributed by atoms with E-state index in [1.165, 1.54) is 30.3 Å². The Kier molecular flexibility index (Phi) is 8.04. The van der Waals surface area contributed by atoms with Gasteiger partial charge in [-0.2, -0.15) is 0 Å². The Hall–Kier alpha value is -2.63. The van der Waals surface area contributed by atoms with Gasteiger partial charge in [-0.3, -0.25) is 9.52 Å². The number of benzene rings is 2. The summed E-state index contributed by atoms with van der Waals surface area (Å²) in [7, 11) is -7.21. The van der Waals surface area contributed by atoms with E-state index in [-0.39, 0.29) is 27.9 Å². The van der Waals surface area contributed by atoms with Gasteiger partial charge in [-0.25, -0.2) is 16.8 Å². The van der Waals surface area contributed by atoms with Crippen molar-refractivity contribution >= 4 is 37.1 Å². The average Bonchev–Trinajstić information content (AvgIpc) is 2.64. The number of carbonyl (C=O) groups excluding carboxylic acids is 1. The standard InChI is InChI=1S/C20H27N3O6S2/c1-14(2)21-11-12-29-18-10-9-15(13-17(18)23-31(4,27)28)22-20(24)16-7-5-6-8-19(16)30(3,25)26/h5-10,13-14,21,23H,11-12H2,1-4H3,(H,22,24). The van der Waals surface area contributed by atoms with Gasteiger partial charge in [0.25, 0.3) is 5.91 Å². The van der Waals surface area contributed by atoms with E-state index in [0.717, 1.165) is 12.5 Å². The molecule has 0 saturated carbocycles. The summed E-state index contributed by atoms with van der Waals surface area (Å²) < 4.78 is 55.4. The SMILES string of the molecule is CC(C)NCCOc1ccc(NC(=O)c2ccccc2S(C)(=O)=O)cc1NS(C)(=O)=O. The second-order valence-electron chi connectivity index (χ2n) is 7.26. The van der Waals surface area contributed by atoms with E-state index in [4.69, 9.17) is 4.74 Å². The molecule has 0 heterocycles. The lowest BCUT2D eigenvalue weighted by molar-refractivity contribution is 0.102. The van der Waals surface area contributed by atoms with E-state index in [2.05, 4.69) is 15.4 Å². The van der Waals surface area contributed by atoms with Crippen LogP contribution in [0.1, 0.15) is 24.2 Å². The van der Waals surface area contributed by atoms with Crippen LogP contribution in [-0.2, 0) is 19.9 Å². The molecular formula is C20H27N3O6S2. The lowest BCUT2D eigenvalue weighted by Crippen LogP contribution is -2.27. The molecule has 0 radical (unpaired) electrons. The van der Waals surface area contributed by atoms with Crippen LogP contribution in [0.2, 0.25) is 0 Å². The molecule has 9 nitrogen and oxygen atoms in total. The van der Waals surface area contributed by atoms with Crippen LogP contribution >= 0.6 is 0 Å². The minimum atomic E-state index is -3.61. The monoisotopic (exact) mass is 469 g/mol. The first-order chi connectivity index (χ1) is 14.4. The molecule has 1 amide bonds. The molecule has 2 rings (SSSR count). The van der Waals surface area contributed by atoms with Crippen molar-refractivity contribution in [3.8, 4) is 5.75 Å². The molecule has 11 heteroatoms. The summed E-state index contributed by atoms with van der Waals surface area (Å²) in [6.45, 7) is 4.87. The highest BCUT2D eigenvalue weighted by Crippen LogP contribution is 2.29. The molecule has 3 N–H and O–H groups in total. The maximum absolute atomic E-state index is 12.7. The highest BCUT2D eigenvalue weighted by molar-refractivity contribution is 7.92. The van der Waals surface area contributed by atoms with Crippen LogP contribution in [0, 0.1) is 0 Å². The molecule has 0 bridgehead atoms. The normalized spacial score (nSPS) is 11.9. The number of rotatable bonds is 10. The molecular weight excluding hydrogens is 442 g/mol. The van der Waals surface area contributed by atoms with Gasteiger partial charge in [0.2, 0.25) is 10.0 Å². The first kappa shape index (κ1) is 24.6. The van der Waals surface area contributed by atoms with E-state index < -0.39 is 25.8 Å². The van der Waals surface area contributed by atoms with Gasteiger partial charge in [-0.1, -0.05) is 26.0 Å². The molecule has 0 spiro atoms. The number of hydrogen-bond donors (Lipinski definition) is 3. The van der Waals surface area contributed by atoms with Gasteiger partial charge in [0.05, 0.1) is 22.4 Å². The van der Waals surface area contributed by atoms with Crippen LogP contribution in [0.15, 0.2) is 47.4 Å². The van der Waals surface area contributed by atoms with Crippen molar-refractivity contribution in [3.63, 3.8) is 0 Å². The summed E-state index contributed by atoms with van der Waals surface area (Å²) >= 11 is 0. The molecule has 0 aliphatic rings. The van der Waals surface area contributed by atoms with Crippen molar-refractivity contribution in [3.05, 3.63) is 48.0 Å². The molecule has 0 aliphatic heterocycles. The number of ether oxygens (including phenoxy) is 1. The first-order valence-corrected chi connectivity index (χ1v) is 13.2. The minimum Gasteiger partial charge on any atom is -0.490 e. The molecule has 0 fully saturated rings. The van der Waals surface area contributed by atoms with Crippen molar-refractivity contribution < 1.29 is 26.4 Å². The highest BCUT2D eigenvalue weighted by Gasteiger charge is 2.19. The average molecular weight is 470 g/mol. The lowest BCUT2D eigenvalue weighted by Gasteiger charge is -2.15. The van der Waals surface area contributed by atoms with Gasteiger partial charge in [-0.15, -0.1) is 0 Å². The Bertz CT molecular complexity index is 1150. The molecule has 0 unspecified atom stereocenters. The first-order valence-electron chi connectivity index (χ1n) is 9.45. The maximum Gasteiger partial charge on any atom is 0.256 e. The fraction of sp³-hybridized carbons (Fsp3) is 0.350. The minimum absolute atomic E-state index is 0.0114. The number of amides is 1. The van der Waals surface area contributed by atoms with Crippen LogP contribution in [0.5, 0.6) is 5.75 Å². The highest BCUT2D eigenvalue weighted by atomic mass is 32.2. The Morgan fingerprint density at radius 1 is 1.03 bits per heavy atom. The lowest BCUT2D eigenvalue weighted by atomic mass is 10.2. The number of hydrogen-bond acceptors (Lipinski definition) is 7. The van der Waals surface area contributed by atoms with Gasteiger partial charge in [0.1, 0.15) is 12.4 Å². The third kappa shape index (κ3) is 7.85. The zero-order chi connectivity index (χ0) is 23.2. The number of carbonyl (C=O) groups is 1. The van der Waals surface area contributed by atoms with E-state index in [1.807, 2.05) is 13.8 Å². The molecule has 2 aromatic rings. The second-order valence-corrected chi connectivity index (χ2v) is 11.0. The second kappa shape index (κ2) is 10.1. The van der Waals surface area contributed by atoms with Crippen molar-refractivity contribution in [2.75, 3.05) is 35.7 Å². The zero-order valence-corrected chi connectivity index (χ0v) is 19.4. The van der Waals surface area contributed by atoms with Crippen molar-refractivity contribution in [1.29, 1.82) is 0 Å². The third-order valence-electron chi connectivity index (χ3n) is 3.98. The van der Waals surface area contributed by atoms with E-state index in [1.54, 1.807) is 12.1 Å². The Morgan fingerprint density at radius 3 is 2.32 bits per heavy atom. The molecule has 170 valence electrons. The molecule has 2 aromatic carbocycles. The van der Waals surface area contributed by atoms with Crippen LogP contribution in [0.25, 0.3) is 0 Å². The summed E-state index contributed by atoms with van der Waals surface area (Å²) in [5.74, 6) is -0.341. The summed E-state index contributed by atoms with van der Waals surface area (Å²) in [6.07, 6.45) is 2.03. The third-order valence-corrected chi connectivity index (χ3v) is 5.72. The van der Waals surface area contributed by atoms with Crippen LogP contribution in [-0.4, -0.2) is 54.4 Å². The van der Waals surface area contributed by atoms with Crippen molar-refractivity contribution in [2.45, 2.75) is 24.8 Å². The number of nitrogens with one attached hydrogen (secondary N) is 3. The fourth-order valence-electron chi connectivity index (χ4n) is 2.70. The van der Waals surface area contributed by atoms with Gasteiger partial charge in [0, 0.05) is 24.5 Å². The number of sulfonamides is 1. The summed E-state index contributed by atoms with van der Waals surface area (Å²) in [6, 6.07) is 10.6. The zero-order valence-electron chi connectivity index (χ0n) is 17.8. The molecule has 0 saturated heterocycles. The van der Waals surface area contributed by atoms with Crippen LogP contribution in [0.4, 0.5) is 11.4 Å². The van der Waals surface area contributed by atoms with Gasteiger partial charge in [0.15, 0.2) is 9.84 Å². The Labute approximate surface area is 183 Å². The van der Waals surface area contributed by atoms with E-state index >= 15 is 0 Å². The Morgan fingerprint density at radius 2 is 1.71 bits per heavy atom. The molecule has 0 aromatic heterocycles.